The number of carbonyl (C=O) groups is 3. The van der Waals surface area contributed by atoms with E-state index in [1.54, 1.807) is 4.90 Å². The lowest BCUT2D eigenvalue weighted by Gasteiger charge is -2.27. The molecule has 3 aromatic carbocycles. The number of H-pyrrole nitrogens is 2. The minimum absolute atomic E-state index is 0.00702. The number of hydrogen-bond donors (Lipinski definition) is 5. The van der Waals surface area contributed by atoms with Crippen molar-refractivity contribution in [1.29, 1.82) is 0 Å². The van der Waals surface area contributed by atoms with Gasteiger partial charge in [-0.05, 0) is 92.0 Å². The van der Waals surface area contributed by atoms with Crippen LogP contribution in [0.15, 0.2) is 73.1 Å². The van der Waals surface area contributed by atoms with Gasteiger partial charge >= 0.3 is 6.03 Å². The second kappa shape index (κ2) is 15.1. The second-order valence-corrected chi connectivity index (χ2v) is 16.0. The summed E-state index contributed by atoms with van der Waals surface area (Å²) in [5.74, 6) is 1.51. The zero-order valence-corrected chi connectivity index (χ0v) is 31.8. The fourth-order valence-corrected chi connectivity index (χ4v) is 7.52. The SMILES string of the molecule is CC(C)[C@H](N)C(=O)N1CCC[C@H]1c1nc(-c2ccc3cc(-c4ccc(-c5cnc([C@@H]6CCCN6C(=O)CNC(=O)NC(C)(C)C)[nH]5)cc4)ccc3c2)c[nH]1. The van der Waals surface area contributed by atoms with E-state index in [-0.39, 0.29) is 47.9 Å². The fraction of sp³-hybridized carbons (Fsp3) is 0.405. The van der Waals surface area contributed by atoms with Crippen LogP contribution in [0.4, 0.5) is 4.79 Å². The van der Waals surface area contributed by atoms with E-state index in [2.05, 4.69) is 86.2 Å². The number of carbonyl (C=O) groups excluding carboxylic acids is 3. The highest BCUT2D eigenvalue weighted by Crippen LogP contribution is 2.35. The molecule has 0 bridgehead atoms. The summed E-state index contributed by atoms with van der Waals surface area (Å²) in [5.41, 5.74) is 11.8. The van der Waals surface area contributed by atoms with Crippen molar-refractivity contribution < 1.29 is 14.4 Å². The second-order valence-electron chi connectivity index (χ2n) is 16.0. The lowest BCUT2D eigenvalue weighted by Crippen LogP contribution is -2.49. The molecule has 0 aliphatic carbocycles. The molecule has 12 heteroatoms. The minimum atomic E-state index is -0.508. The quantitative estimate of drug-likeness (QED) is 0.113. The molecule has 2 aromatic heterocycles. The third-order valence-electron chi connectivity index (χ3n) is 10.5. The van der Waals surface area contributed by atoms with E-state index >= 15 is 0 Å². The normalized spacial score (nSPS) is 18.1. The van der Waals surface area contributed by atoms with Crippen molar-refractivity contribution in [1.82, 2.24) is 40.4 Å². The minimum Gasteiger partial charge on any atom is -0.346 e. The number of nitrogens with two attached hydrogens (primary N) is 1. The smallest absolute Gasteiger partial charge is 0.315 e. The van der Waals surface area contributed by atoms with Crippen LogP contribution in [-0.2, 0) is 9.59 Å². The molecule has 2 aliphatic rings. The van der Waals surface area contributed by atoms with Crippen molar-refractivity contribution in [3.8, 4) is 33.6 Å². The van der Waals surface area contributed by atoms with Gasteiger partial charge in [0.05, 0.1) is 42.3 Å². The topological polar surface area (TPSA) is 165 Å². The van der Waals surface area contributed by atoms with Crippen LogP contribution in [0.2, 0.25) is 0 Å². The molecule has 2 saturated heterocycles. The molecule has 6 N–H and O–H groups in total. The number of nitrogens with zero attached hydrogens (tertiary/aromatic N) is 4. The number of benzene rings is 3. The van der Waals surface area contributed by atoms with Crippen LogP contribution in [-0.4, -0.2) is 78.8 Å². The summed E-state index contributed by atoms with van der Waals surface area (Å²) in [6.07, 6.45) is 7.25. The van der Waals surface area contributed by atoms with Gasteiger partial charge in [-0.25, -0.2) is 14.8 Å². The molecule has 2 aliphatic heterocycles. The van der Waals surface area contributed by atoms with E-state index < -0.39 is 6.04 Å². The van der Waals surface area contributed by atoms with Gasteiger partial charge in [0.1, 0.15) is 11.6 Å². The predicted molar refractivity (Wildman–Crippen MR) is 211 cm³/mol. The third kappa shape index (κ3) is 7.89. The van der Waals surface area contributed by atoms with Gasteiger partial charge in [-0.1, -0.05) is 62.4 Å². The van der Waals surface area contributed by atoms with Crippen LogP contribution >= 0.6 is 0 Å². The van der Waals surface area contributed by atoms with E-state index in [4.69, 9.17) is 10.7 Å². The van der Waals surface area contributed by atoms with Crippen LogP contribution < -0.4 is 16.4 Å². The monoisotopic (exact) mass is 729 g/mol. The maximum Gasteiger partial charge on any atom is 0.315 e. The number of fused-ring (bicyclic) bond motifs is 1. The van der Waals surface area contributed by atoms with Gasteiger partial charge in [-0.15, -0.1) is 0 Å². The van der Waals surface area contributed by atoms with Crippen molar-refractivity contribution in [3.05, 3.63) is 84.7 Å². The number of aromatic nitrogens is 4. The van der Waals surface area contributed by atoms with Crippen LogP contribution in [0.1, 0.15) is 84.0 Å². The van der Waals surface area contributed by atoms with E-state index in [1.807, 2.05) is 51.9 Å². The third-order valence-corrected chi connectivity index (χ3v) is 10.5. The summed E-state index contributed by atoms with van der Waals surface area (Å²) in [4.78, 5) is 58.4. The first kappa shape index (κ1) is 36.9. The van der Waals surface area contributed by atoms with Gasteiger partial charge in [0, 0.05) is 30.4 Å². The van der Waals surface area contributed by atoms with Crippen molar-refractivity contribution in [2.45, 2.75) is 84.0 Å². The molecule has 2 fully saturated rings. The summed E-state index contributed by atoms with van der Waals surface area (Å²) in [6.45, 7) is 10.9. The summed E-state index contributed by atoms with van der Waals surface area (Å²) in [5, 5.41) is 7.75. The lowest BCUT2D eigenvalue weighted by molar-refractivity contribution is -0.134. The maximum absolute atomic E-state index is 13.1. The molecular weight excluding hydrogens is 679 g/mol. The Bertz CT molecular complexity index is 2150. The van der Waals surface area contributed by atoms with E-state index in [9.17, 15) is 14.4 Å². The predicted octanol–water partition coefficient (Wildman–Crippen LogP) is 6.70. The molecule has 54 heavy (non-hydrogen) atoms. The Morgan fingerprint density at radius 1 is 0.852 bits per heavy atom. The Hall–Kier alpha value is -5.49. The molecule has 5 aromatic rings. The molecule has 0 radical (unpaired) electrons. The van der Waals surface area contributed by atoms with E-state index in [0.717, 1.165) is 81.7 Å². The number of imidazole rings is 2. The Morgan fingerprint density at radius 2 is 1.46 bits per heavy atom. The van der Waals surface area contributed by atoms with E-state index in [0.29, 0.717) is 13.1 Å². The molecule has 12 nitrogen and oxygen atoms in total. The molecular formula is C42H51N9O3. The van der Waals surface area contributed by atoms with E-state index in [1.165, 1.54) is 0 Å². The number of likely N-dealkylation sites (tertiary alicyclic amines) is 2. The first-order valence-corrected chi connectivity index (χ1v) is 19.0. The standard InChI is InChI=1S/C42H51N9O3/c1-25(2)37(43)40(53)51-19-7-9-35(51)39-45-23-33(48-39)31-17-16-29-20-28(14-15-30(29)21-31)26-10-12-27(13-11-26)32-22-44-38(47-32)34-8-6-18-50(34)36(52)24-46-41(54)49-42(3,4)5/h10-17,20-23,25,34-35,37H,6-9,18-19,24,43H2,1-5H3,(H,44,47)(H,45,48)(H2,46,49,54)/t34-,35-,37-/m0/s1. The summed E-state index contributed by atoms with van der Waals surface area (Å²) >= 11 is 0. The zero-order valence-electron chi connectivity index (χ0n) is 31.8. The average molecular weight is 730 g/mol. The number of urea groups is 1. The molecule has 282 valence electrons. The molecule has 0 spiro atoms. The van der Waals surface area contributed by atoms with Gasteiger partial charge in [-0.2, -0.15) is 0 Å². The number of rotatable bonds is 9. The van der Waals surface area contributed by atoms with Gasteiger partial charge in [0.25, 0.3) is 0 Å². The molecule has 7 rings (SSSR count). The Kier molecular flexibility index (Phi) is 10.3. The van der Waals surface area contributed by atoms with Gasteiger partial charge in [0.2, 0.25) is 11.8 Å². The van der Waals surface area contributed by atoms with Crippen molar-refractivity contribution >= 4 is 28.6 Å². The van der Waals surface area contributed by atoms with Gasteiger partial charge in [-0.3, -0.25) is 9.59 Å². The molecule has 3 atom stereocenters. The number of amides is 4. The summed E-state index contributed by atoms with van der Waals surface area (Å²) < 4.78 is 0. The Labute approximate surface area is 316 Å². The lowest BCUT2D eigenvalue weighted by atomic mass is 9.98. The Morgan fingerprint density at radius 3 is 2.15 bits per heavy atom. The number of hydrogen-bond acceptors (Lipinski definition) is 6. The number of nitrogens with one attached hydrogen (secondary N) is 4. The highest BCUT2D eigenvalue weighted by atomic mass is 16.2. The average Bonchev–Trinajstić information content (AvgIpc) is 3.98. The van der Waals surface area contributed by atoms with Crippen LogP contribution in [0.25, 0.3) is 44.4 Å². The van der Waals surface area contributed by atoms with Crippen molar-refractivity contribution in [2.75, 3.05) is 19.6 Å². The first-order valence-electron chi connectivity index (χ1n) is 19.0. The van der Waals surface area contributed by atoms with Crippen molar-refractivity contribution in [2.24, 2.45) is 11.7 Å². The molecule has 0 saturated carbocycles. The van der Waals surface area contributed by atoms with Crippen LogP contribution in [0, 0.1) is 5.92 Å². The summed E-state index contributed by atoms with van der Waals surface area (Å²) in [6, 6.07) is 20.1. The van der Waals surface area contributed by atoms with Crippen LogP contribution in [0.3, 0.4) is 0 Å². The Balaban J connectivity index is 1.00. The molecule has 4 heterocycles. The zero-order chi connectivity index (χ0) is 38.1. The maximum atomic E-state index is 13.1. The van der Waals surface area contributed by atoms with Crippen LogP contribution in [0.5, 0.6) is 0 Å². The fourth-order valence-electron chi connectivity index (χ4n) is 7.52. The van der Waals surface area contributed by atoms with Gasteiger partial charge < -0.3 is 36.1 Å². The first-order chi connectivity index (χ1) is 25.8. The number of aromatic amines is 2. The van der Waals surface area contributed by atoms with Crippen molar-refractivity contribution in [3.63, 3.8) is 0 Å². The highest BCUT2D eigenvalue weighted by Gasteiger charge is 2.35. The highest BCUT2D eigenvalue weighted by molar-refractivity contribution is 5.91. The molecule has 0 unspecified atom stereocenters. The molecule has 4 amide bonds. The summed E-state index contributed by atoms with van der Waals surface area (Å²) in [7, 11) is 0. The largest absolute Gasteiger partial charge is 0.346 e. The van der Waals surface area contributed by atoms with Gasteiger partial charge in [0.15, 0.2) is 0 Å².